The molecule has 2 N–H and O–H groups in total. The van der Waals surface area contributed by atoms with E-state index in [1.807, 2.05) is 0 Å². The third kappa shape index (κ3) is 7.65. The van der Waals surface area contributed by atoms with E-state index in [9.17, 15) is 21.6 Å². The fourth-order valence-corrected chi connectivity index (χ4v) is 5.20. The van der Waals surface area contributed by atoms with Gasteiger partial charge in [-0.05, 0) is 48.7 Å². The van der Waals surface area contributed by atoms with E-state index in [1.54, 1.807) is 16.9 Å². The van der Waals surface area contributed by atoms with Gasteiger partial charge < -0.3 is 9.26 Å². The molecule has 14 heteroatoms. The van der Waals surface area contributed by atoms with Crippen molar-refractivity contribution in [2.75, 3.05) is 6.61 Å². The Hall–Kier alpha value is -3.33. The lowest BCUT2D eigenvalue weighted by Crippen LogP contribution is -2.22. The molecule has 0 unspecified atom stereocenters. The molecule has 4 rings (SSSR count). The van der Waals surface area contributed by atoms with Crippen molar-refractivity contribution in [3.63, 3.8) is 0 Å². The van der Waals surface area contributed by atoms with Crippen LogP contribution in [0.5, 0.6) is 0 Å². The second kappa shape index (κ2) is 11.6. The lowest BCUT2D eigenvalue weighted by atomic mass is 10.0. The first-order chi connectivity index (χ1) is 18.7. The van der Waals surface area contributed by atoms with E-state index < -0.39 is 29.8 Å². The van der Waals surface area contributed by atoms with Gasteiger partial charge in [0.2, 0.25) is 15.8 Å². The van der Waals surface area contributed by atoms with Crippen LogP contribution >= 0.6 is 0 Å². The standard InChI is InChI=1S/C26H30F3N5O4SSi/c1-40(2,3)14-13-37-17-34-23(12-9-18-7-10-20(11-8-18)26(27,28)29)22(16-31-34)25-32-24(33-38-25)19-5-4-6-21(15-19)39(30,35)36/h4-8,10-11,15-16H,9,12-14,17H2,1-3H3,(H2,30,35,36). The lowest BCUT2D eigenvalue weighted by Gasteiger charge is -2.16. The second-order valence-electron chi connectivity index (χ2n) is 10.5. The van der Waals surface area contributed by atoms with Crippen LogP contribution in [0.1, 0.15) is 16.8 Å². The van der Waals surface area contributed by atoms with Gasteiger partial charge in [0.1, 0.15) is 6.73 Å². The van der Waals surface area contributed by atoms with Crippen LogP contribution < -0.4 is 5.14 Å². The minimum Gasteiger partial charge on any atom is -0.360 e. The molecule has 0 atom stereocenters. The van der Waals surface area contributed by atoms with Gasteiger partial charge in [-0.25, -0.2) is 18.2 Å². The molecule has 2 aromatic carbocycles. The van der Waals surface area contributed by atoms with Gasteiger partial charge in [0.05, 0.1) is 27.9 Å². The highest BCUT2D eigenvalue weighted by Gasteiger charge is 2.30. The number of rotatable bonds is 11. The molecule has 0 spiro atoms. The number of ether oxygens (including phenoxy) is 1. The fraction of sp³-hybridized carbons (Fsp3) is 0.346. The fourth-order valence-electron chi connectivity index (χ4n) is 3.88. The Morgan fingerprint density at radius 2 is 1.80 bits per heavy atom. The van der Waals surface area contributed by atoms with E-state index in [0.717, 1.165) is 23.7 Å². The van der Waals surface area contributed by atoms with Crippen LogP contribution in [-0.2, 0) is 40.5 Å². The quantitative estimate of drug-likeness (QED) is 0.183. The summed E-state index contributed by atoms with van der Waals surface area (Å²) in [6, 6.07) is 11.9. The van der Waals surface area contributed by atoms with Crippen molar-refractivity contribution in [1.82, 2.24) is 19.9 Å². The zero-order valence-corrected chi connectivity index (χ0v) is 24.1. The molecule has 0 saturated heterocycles. The smallest absolute Gasteiger partial charge is 0.360 e. The summed E-state index contributed by atoms with van der Waals surface area (Å²) in [7, 11) is -5.21. The highest BCUT2D eigenvalue weighted by molar-refractivity contribution is 7.89. The number of hydrogen-bond donors (Lipinski definition) is 1. The van der Waals surface area contributed by atoms with Crippen molar-refractivity contribution >= 4 is 18.1 Å². The summed E-state index contributed by atoms with van der Waals surface area (Å²) in [4.78, 5) is 4.36. The molecule has 2 aromatic heterocycles. The average Bonchev–Trinajstić information content (AvgIpc) is 3.51. The van der Waals surface area contributed by atoms with Gasteiger partial charge >= 0.3 is 6.18 Å². The first kappa shape index (κ1) is 29.6. The number of hydrogen-bond acceptors (Lipinski definition) is 7. The summed E-state index contributed by atoms with van der Waals surface area (Å²) < 4.78 is 75.5. The number of nitrogens with zero attached hydrogens (tertiary/aromatic N) is 4. The highest BCUT2D eigenvalue weighted by atomic mass is 32.2. The molecule has 0 bridgehead atoms. The van der Waals surface area contributed by atoms with Crippen LogP contribution in [0.2, 0.25) is 25.7 Å². The van der Waals surface area contributed by atoms with E-state index in [1.165, 1.54) is 30.3 Å². The van der Waals surface area contributed by atoms with Crippen LogP contribution in [0.3, 0.4) is 0 Å². The summed E-state index contributed by atoms with van der Waals surface area (Å²) in [5.74, 6) is 0.320. The number of sulfonamides is 1. The molecule has 214 valence electrons. The Labute approximate surface area is 231 Å². The molecule has 0 amide bonds. The Morgan fingerprint density at radius 3 is 2.45 bits per heavy atom. The van der Waals surface area contributed by atoms with Crippen molar-refractivity contribution in [1.29, 1.82) is 0 Å². The number of aryl methyl sites for hydroxylation is 1. The number of alkyl halides is 3. The molecule has 9 nitrogen and oxygen atoms in total. The second-order valence-corrected chi connectivity index (χ2v) is 17.7. The van der Waals surface area contributed by atoms with Crippen LogP contribution in [0.15, 0.2) is 64.1 Å². The Kier molecular flexibility index (Phi) is 8.63. The molecular formula is C26H30F3N5O4SSi. The van der Waals surface area contributed by atoms with E-state index in [4.69, 9.17) is 14.4 Å². The van der Waals surface area contributed by atoms with E-state index in [-0.39, 0.29) is 23.3 Å². The predicted octanol–water partition coefficient (Wildman–Crippen LogP) is 5.36. The third-order valence-corrected chi connectivity index (χ3v) is 8.78. The largest absolute Gasteiger partial charge is 0.416 e. The summed E-state index contributed by atoms with van der Waals surface area (Å²) in [5, 5.41) is 13.7. The normalized spacial score (nSPS) is 12.7. The predicted molar refractivity (Wildman–Crippen MR) is 145 cm³/mol. The maximum Gasteiger partial charge on any atom is 0.416 e. The van der Waals surface area contributed by atoms with Gasteiger partial charge in [0, 0.05) is 20.2 Å². The molecule has 4 aromatic rings. The maximum absolute atomic E-state index is 13.0. The molecule has 0 radical (unpaired) electrons. The van der Waals surface area contributed by atoms with Crippen molar-refractivity contribution in [3.8, 4) is 22.8 Å². The zero-order valence-electron chi connectivity index (χ0n) is 22.3. The monoisotopic (exact) mass is 593 g/mol. The number of halogens is 3. The van der Waals surface area contributed by atoms with E-state index in [2.05, 4.69) is 34.9 Å². The summed E-state index contributed by atoms with van der Waals surface area (Å²) in [5.41, 5.74) is 1.67. The number of benzene rings is 2. The molecular weight excluding hydrogens is 563 g/mol. The molecule has 0 saturated carbocycles. The Balaban J connectivity index is 1.59. The number of aromatic nitrogens is 4. The molecule has 40 heavy (non-hydrogen) atoms. The van der Waals surface area contributed by atoms with E-state index >= 15 is 0 Å². The molecule has 0 aliphatic rings. The van der Waals surface area contributed by atoms with Gasteiger partial charge in [0.25, 0.3) is 5.89 Å². The van der Waals surface area contributed by atoms with Gasteiger partial charge in [0.15, 0.2) is 0 Å². The van der Waals surface area contributed by atoms with Crippen molar-refractivity contribution < 1.29 is 30.8 Å². The van der Waals surface area contributed by atoms with Crippen LogP contribution in [0.4, 0.5) is 13.2 Å². The van der Waals surface area contributed by atoms with Gasteiger partial charge in [-0.2, -0.15) is 23.3 Å². The van der Waals surface area contributed by atoms with Crippen LogP contribution in [0.25, 0.3) is 22.8 Å². The molecule has 2 heterocycles. The van der Waals surface area contributed by atoms with Crippen LogP contribution in [-0.4, -0.2) is 43.0 Å². The summed E-state index contributed by atoms with van der Waals surface area (Å²) in [6.07, 6.45) is -1.98. The number of nitrogens with two attached hydrogens (primary N) is 1. The van der Waals surface area contributed by atoms with Gasteiger partial charge in [-0.3, -0.25) is 0 Å². The molecule has 0 fully saturated rings. The molecule has 0 aliphatic carbocycles. The van der Waals surface area contributed by atoms with E-state index in [0.29, 0.717) is 36.3 Å². The lowest BCUT2D eigenvalue weighted by molar-refractivity contribution is -0.137. The minimum absolute atomic E-state index is 0.0862. The Morgan fingerprint density at radius 1 is 1.07 bits per heavy atom. The van der Waals surface area contributed by atoms with Gasteiger partial charge in [-0.15, -0.1) is 0 Å². The topological polar surface area (TPSA) is 126 Å². The summed E-state index contributed by atoms with van der Waals surface area (Å²) in [6.45, 7) is 7.52. The average molecular weight is 594 g/mol. The van der Waals surface area contributed by atoms with Crippen molar-refractivity contribution in [2.45, 2.75) is 56.3 Å². The first-order valence-electron chi connectivity index (χ1n) is 12.5. The first-order valence-corrected chi connectivity index (χ1v) is 17.7. The summed E-state index contributed by atoms with van der Waals surface area (Å²) >= 11 is 0. The zero-order chi connectivity index (χ0) is 29.1. The molecule has 0 aliphatic heterocycles. The number of primary sulfonamides is 1. The highest BCUT2D eigenvalue weighted by Crippen LogP contribution is 2.30. The maximum atomic E-state index is 13.0. The SMILES string of the molecule is C[Si](C)(C)CCOCn1ncc(-c2nc(-c3cccc(S(N)(=O)=O)c3)no2)c1CCc1ccc(C(F)(F)F)cc1. The van der Waals surface area contributed by atoms with Crippen molar-refractivity contribution in [2.24, 2.45) is 5.14 Å². The third-order valence-electron chi connectivity index (χ3n) is 6.17. The Bertz CT molecular complexity index is 1560. The minimum atomic E-state index is -4.40. The van der Waals surface area contributed by atoms with Gasteiger partial charge in [-0.1, -0.05) is 49.1 Å². The van der Waals surface area contributed by atoms with Crippen LogP contribution in [0, 0.1) is 0 Å². The van der Waals surface area contributed by atoms with Crippen molar-refractivity contribution in [3.05, 3.63) is 71.5 Å².